The van der Waals surface area contributed by atoms with E-state index in [0.717, 1.165) is 5.56 Å². The Labute approximate surface area is 246 Å². The first-order valence-electron chi connectivity index (χ1n) is 13.8. The second kappa shape index (κ2) is 12.5. The summed E-state index contributed by atoms with van der Waals surface area (Å²) in [5, 5.41) is 53.7. The Morgan fingerprint density at radius 2 is 1.51 bits per heavy atom. The highest BCUT2D eigenvalue weighted by Crippen LogP contribution is 2.42. The van der Waals surface area contributed by atoms with Crippen LogP contribution in [0.25, 0.3) is 0 Å². The van der Waals surface area contributed by atoms with Crippen molar-refractivity contribution in [2.75, 3.05) is 6.54 Å². The molecule has 3 aromatic rings. The van der Waals surface area contributed by atoms with Gasteiger partial charge in [-0.05, 0) is 36.5 Å². The molecule has 226 valence electrons. The number of aliphatic hydroxyl groups is 4. The zero-order chi connectivity index (χ0) is 30.8. The summed E-state index contributed by atoms with van der Waals surface area (Å²) in [5.74, 6) is -2.14. The lowest BCUT2D eigenvalue weighted by atomic mass is 9.80. The van der Waals surface area contributed by atoms with Crippen LogP contribution in [0.15, 0.2) is 65.7 Å². The van der Waals surface area contributed by atoms with E-state index in [4.69, 9.17) is 20.9 Å². The third-order valence-electron chi connectivity index (χ3n) is 7.69. The van der Waals surface area contributed by atoms with E-state index < -0.39 is 54.1 Å². The van der Waals surface area contributed by atoms with E-state index in [9.17, 15) is 35.1 Å². The third kappa shape index (κ3) is 5.96. The SMILES string of the molecule is NC(N)=NCCC(O)C1OC(Oc2cc(CCc3ccccc3)c3c(c2O)C(=O)c2ccccc2C3=O)C(O)C(O)C1O. The van der Waals surface area contributed by atoms with E-state index in [1.807, 2.05) is 30.3 Å². The molecule has 0 amide bonds. The standard InChI is InChI=1S/C31H33N3O9/c32-31(33)34-13-12-19(35)29-27(40)26(39)28(41)30(43-29)42-20-14-16(11-10-15-6-2-1-3-7-15)21-22(25(20)38)24(37)18-9-5-4-8-17(18)23(21)36/h1-9,14,19,26-30,35,38-41H,10-13H2,(H4,32,33,34). The average Bonchev–Trinajstić information content (AvgIpc) is 3.00. The summed E-state index contributed by atoms with van der Waals surface area (Å²) in [6, 6.07) is 17.2. The largest absolute Gasteiger partial charge is 0.504 e. The summed E-state index contributed by atoms with van der Waals surface area (Å²) < 4.78 is 11.5. The number of carbonyl (C=O) groups is 2. The molecule has 1 saturated heterocycles. The van der Waals surface area contributed by atoms with Gasteiger partial charge in [-0.1, -0.05) is 54.6 Å². The number of nitrogens with zero attached hydrogens (tertiary/aromatic N) is 1. The molecule has 1 fully saturated rings. The van der Waals surface area contributed by atoms with Gasteiger partial charge in [0.2, 0.25) is 6.29 Å². The Morgan fingerprint density at radius 1 is 0.884 bits per heavy atom. The molecule has 1 aliphatic heterocycles. The summed E-state index contributed by atoms with van der Waals surface area (Å²) in [4.78, 5) is 31.0. The number of aromatic hydroxyl groups is 1. The molecule has 0 radical (unpaired) electrons. The fourth-order valence-electron chi connectivity index (χ4n) is 5.44. The van der Waals surface area contributed by atoms with Crippen LogP contribution < -0.4 is 16.2 Å². The summed E-state index contributed by atoms with van der Waals surface area (Å²) in [7, 11) is 0. The van der Waals surface area contributed by atoms with E-state index >= 15 is 0 Å². The van der Waals surface area contributed by atoms with Gasteiger partial charge < -0.3 is 46.5 Å². The molecule has 0 spiro atoms. The zero-order valence-electron chi connectivity index (χ0n) is 23.0. The summed E-state index contributed by atoms with van der Waals surface area (Å²) in [6.07, 6.45) is -9.05. The Kier molecular flexibility index (Phi) is 8.76. The van der Waals surface area contributed by atoms with E-state index in [1.54, 1.807) is 18.2 Å². The molecular formula is C31H33N3O9. The molecule has 6 atom stereocenters. The number of ether oxygens (including phenoxy) is 2. The van der Waals surface area contributed by atoms with Crippen molar-refractivity contribution in [2.24, 2.45) is 16.5 Å². The Morgan fingerprint density at radius 3 is 2.16 bits per heavy atom. The smallest absolute Gasteiger partial charge is 0.229 e. The van der Waals surface area contributed by atoms with E-state index in [1.165, 1.54) is 12.1 Å². The Bertz CT molecular complexity index is 1540. The number of ketones is 2. The van der Waals surface area contributed by atoms with Gasteiger partial charge in [-0.25, -0.2) is 0 Å². The van der Waals surface area contributed by atoms with Gasteiger partial charge in [0.15, 0.2) is 29.0 Å². The van der Waals surface area contributed by atoms with Crippen molar-refractivity contribution in [2.45, 2.75) is 56.1 Å². The lowest BCUT2D eigenvalue weighted by molar-refractivity contribution is -0.288. The predicted octanol–water partition coefficient (Wildman–Crippen LogP) is 0.164. The minimum atomic E-state index is -1.81. The Hall–Kier alpha value is -4.33. The number of rotatable bonds is 9. The van der Waals surface area contributed by atoms with Crippen LogP contribution in [0.2, 0.25) is 0 Å². The summed E-state index contributed by atoms with van der Waals surface area (Å²) in [6.45, 7) is -0.00570. The maximum atomic E-state index is 13.6. The number of hydrogen-bond donors (Lipinski definition) is 7. The number of hydrogen-bond acceptors (Lipinski definition) is 10. The molecule has 0 saturated carbocycles. The highest BCUT2D eigenvalue weighted by molar-refractivity contribution is 6.30. The van der Waals surface area contributed by atoms with Gasteiger partial charge >= 0.3 is 0 Å². The molecule has 12 nitrogen and oxygen atoms in total. The average molecular weight is 592 g/mol. The maximum absolute atomic E-state index is 13.6. The van der Waals surface area contributed by atoms with Crippen molar-refractivity contribution in [1.82, 2.24) is 0 Å². The van der Waals surface area contributed by atoms with Crippen LogP contribution in [0.3, 0.4) is 0 Å². The van der Waals surface area contributed by atoms with Crippen LogP contribution in [0.1, 0.15) is 49.4 Å². The van der Waals surface area contributed by atoms with Crippen LogP contribution in [0.4, 0.5) is 0 Å². The van der Waals surface area contributed by atoms with Crippen molar-refractivity contribution >= 4 is 17.5 Å². The highest BCUT2D eigenvalue weighted by Gasteiger charge is 2.48. The van der Waals surface area contributed by atoms with Crippen LogP contribution >= 0.6 is 0 Å². The van der Waals surface area contributed by atoms with E-state index in [0.29, 0.717) is 18.4 Å². The summed E-state index contributed by atoms with van der Waals surface area (Å²) >= 11 is 0. The molecule has 9 N–H and O–H groups in total. The molecule has 1 heterocycles. The lowest BCUT2D eigenvalue weighted by Gasteiger charge is -2.42. The van der Waals surface area contributed by atoms with Crippen LogP contribution in [0.5, 0.6) is 11.5 Å². The molecule has 43 heavy (non-hydrogen) atoms. The molecule has 3 aromatic carbocycles. The van der Waals surface area contributed by atoms with Crippen molar-refractivity contribution in [3.63, 3.8) is 0 Å². The van der Waals surface area contributed by atoms with E-state index in [2.05, 4.69) is 4.99 Å². The van der Waals surface area contributed by atoms with Crippen LogP contribution in [0, 0.1) is 0 Å². The molecule has 1 aliphatic carbocycles. The number of aryl methyl sites for hydroxylation is 2. The first kappa shape index (κ1) is 30.1. The topological polar surface area (TPSA) is 218 Å². The molecule has 12 heteroatoms. The molecule has 6 unspecified atom stereocenters. The fourth-order valence-corrected chi connectivity index (χ4v) is 5.44. The summed E-state index contributed by atoms with van der Waals surface area (Å²) in [5.41, 5.74) is 12.2. The third-order valence-corrected chi connectivity index (χ3v) is 7.69. The van der Waals surface area contributed by atoms with Crippen LogP contribution in [-0.4, -0.2) is 86.4 Å². The fraction of sp³-hybridized carbons (Fsp3) is 0.323. The lowest BCUT2D eigenvalue weighted by Crippen LogP contribution is -2.62. The first-order chi connectivity index (χ1) is 20.6. The predicted molar refractivity (Wildman–Crippen MR) is 154 cm³/mol. The number of benzene rings is 3. The second-order valence-electron chi connectivity index (χ2n) is 10.5. The highest BCUT2D eigenvalue weighted by atomic mass is 16.7. The minimum Gasteiger partial charge on any atom is -0.504 e. The van der Waals surface area contributed by atoms with Gasteiger partial charge in [-0.3, -0.25) is 14.6 Å². The van der Waals surface area contributed by atoms with Gasteiger partial charge in [-0.2, -0.15) is 0 Å². The Balaban J connectivity index is 1.50. The second-order valence-corrected chi connectivity index (χ2v) is 10.5. The quantitative estimate of drug-likeness (QED) is 0.103. The monoisotopic (exact) mass is 591 g/mol. The normalized spacial score (nSPS) is 23.7. The number of carbonyl (C=O) groups excluding carboxylic acids is 2. The minimum absolute atomic E-state index is 0.00570. The number of phenols is 1. The number of guanidine groups is 1. The van der Waals surface area contributed by atoms with Gasteiger partial charge in [0.25, 0.3) is 0 Å². The number of aliphatic hydroxyl groups excluding tert-OH is 4. The molecule has 2 aliphatic rings. The number of fused-ring (bicyclic) bond motifs is 2. The van der Waals surface area contributed by atoms with Gasteiger partial charge in [0.1, 0.15) is 24.4 Å². The molecule has 5 rings (SSSR count). The first-order valence-corrected chi connectivity index (χ1v) is 13.8. The van der Waals surface area contributed by atoms with Gasteiger partial charge in [-0.15, -0.1) is 0 Å². The van der Waals surface area contributed by atoms with Crippen LogP contribution in [-0.2, 0) is 17.6 Å². The molecule has 0 aromatic heterocycles. The molecule has 0 bridgehead atoms. The van der Waals surface area contributed by atoms with Crippen molar-refractivity contribution in [3.8, 4) is 11.5 Å². The number of phenolic OH excluding ortho intramolecular Hbond substituents is 1. The number of aliphatic imine (C=N–C) groups is 1. The maximum Gasteiger partial charge on any atom is 0.229 e. The van der Waals surface area contributed by atoms with E-state index in [-0.39, 0.29) is 46.9 Å². The van der Waals surface area contributed by atoms with Gasteiger partial charge in [0.05, 0.1) is 11.7 Å². The zero-order valence-corrected chi connectivity index (χ0v) is 23.0. The van der Waals surface area contributed by atoms with Crippen molar-refractivity contribution in [1.29, 1.82) is 0 Å². The van der Waals surface area contributed by atoms with Crippen molar-refractivity contribution < 1.29 is 44.6 Å². The van der Waals surface area contributed by atoms with Gasteiger partial charge in [0, 0.05) is 23.2 Å². The number of nitrogens with two attached hydrogens (primary N) is 2. The van der Waals surface area contributed by atoms with Crippen molar-refractivity contribution in [3.05, 3.63) is 94.0 Å². The molecular weight excluding hydrogens is 558 g/mol.